The standard InChI is InChI=1S/C19H14N4O/c1-13-6-15(12-24-18-4-2-14(9-20)3-5-18)8-16(7-13)19-17(10-21)11-22-23-19/h2-8,11H,12H2,1H3,(H,22,23). The zero-order chi connectivity index (χ0) is 16.9. The quantitative estimate of drug-likeness (QED) is 0.795. The lowest BCUT2D eigenvalue weighted by molar-refractivity contribution is 0.306. The van der Waals surface area contributed by atoms with Crippen molar-refractivity contribution in [3.63, 3.8) is 0 Å². The summed E-state index contributed by atoms with van der Waals surface area (Å²) in [5, 5.41) is 24.8. The number of aromatic amines is 1. The van der Waals surface area contributed by atoms with E-state index in [1.165, 1.54) is 6.20 Å². The zero-order valence-electron chi connectivity index (χ0n) is 13.1. The average molecular weight is 314 g/mol. The molecule has 116 valence electrons. The van der Waals surface area contributed by atoms with E-state index in [9.17, 15) is 0 Å². The van der Waals surface area contributed by atoms with Crippen molar-refractivity contribution >= 4 is 0 Å². The van der Waals surface area contributed by atoms with Gasteiger partial charge in [0.05, 0.1) is 29.1 Å². The lowest BCUT2D eigenvalue weighted by Gasteiger charge is -2.09. The Bertz CT molecular complexity index is 943. The molecule has 0 aliphatic heterocycles. The van der Waals surface area contributed by atoms with E-state index in [2.05, 4.69) is 22.3 Å². The Hall–Kier alpha value is -3.57. The van der Waals surface area contributed by atoms with E-state index in [1.807, 2.05) is 25.1 Å². The molecule has 0 amide bonds. The molecule has 1 aromatic heterocycles. The number of rotatable bonds is 4. The van der Waals surface area contributed by atoms with Gasteiger partial charge in [-0.25, -0.2) is 0 Å². The van der Waals surface area contributed by atoms with Crippen LogP contribution in [0, 0.1) is 29.6 Å². The molecule has 0 aliphatic carbocycles. The Kier molecular flexibility index (Phi) is 4.27. The number of ether oxygens (including phenoxy) is 1. The van der Waals surface area contributed by atoms with Gasteiger partial charge < -0.3 is 4.74 Å². The molecule has 3 aromatic rings. The van der Waals surface area contributed by atoms with E-state index in [1.54, 1.807) is 24.3 Å². The second-order valence-corrected chi connectivity index (χ2v) is 5.40. The van der Waals surface area contributed by atoms with Crippen LogP contribution in [0.1, 0.15) is 22.3 Å². The summed E-state index contributed by atoms with van der Waals surface area (Å²) in [4.78, 5) is 0. The van der Waals surface area contributed by atoms with Crippen molar-refractivity contribution in [3.8, 4) is 29.1 Å². The number of aromatic nitrogens is 2. The summed E-state index contributed by atoms with van der Waals surface area (Å²) in [5.74, 6) is 0.705. The molecule has 0 aliphatic rings. The molecular weight excluding hydrogens is 300 g/mol. The highest BCUT2D eigenvalue weighted by atomic mass is 16.5. The van der Waals surface area contributed by atoms with Crippen molar-refractivity contribution < 1.29 is 4.74 Å². The van der Waals surface area contributed by atoms with Crippen molar-refractivity contribution in [1.29, 1.82) is 10.5 Å². The smallest absolute Gasteiger partial charge is 0.119 e. The summed E-state index contributed by atoms with van der Waals surface area (Å²) in [6.07, 6.45) is 1.52. The number of nitriles is 2. The number of nitrogens with zero attached hydrogens (tertiary/aromatic N) is 3. The highest BCUT2D eigenvalue weighted by Crippen LogP contribution is 2.24. The Balaban J connectivity index is 1.81. The van der Waals surface area contributed by atoms with Crippen LogP contribution in [0.4, 0.5) is 0 Å². The van der Waals surface area contributed by atoms with Gasteiger partial charge in [0.1, 0.15) is 18.4 Å². The number of nitrogens with one attached hydrogen (secondary N) is 1. The topological polar surface area (TPSA) is 85.5 Å². The average Bonchev–Trinajstić information content (AvgIpc) is 3.09. The van der Waals surface area contributed by atoms with Crippen LogP contribution in [0.2, 0.25) is 0 Å². The number of hydrogen-bond donors (Lipinski definition) is 1. The van der Waals surface area contributed by atoms with Crippen molar-refractivity contribution in [1.82, 2.24) is 10.2 Å². The number of benzene rings is 2. The van der Waals surface area contributed by atoms with Gasteiger partial charge in [0.25, 0.3) is 0 Å². The lowest BCUT2D eigenvalue weighted by atomic mass is 10.0. The number of aryl methyl sites for hydroxylation is 1. The Morgan fingerprint density at radius 3 is 2.58 bits per heavy atom. The first-order valence-corrected chi connectivity index (χ1v) is 7.37. The van der Waals surface area contributed by atoms with Crippen LogP contribution in [-0.2, 0) is 6.61 Å². The van der Waals surface area contributed by atoms with Gasteiger partial charge in [0, 0.05) is 5.56 Å². The predicted molar refractivity (Wildman–Crippen MR) is 89.0 cm³/mol. The van der Waals surface area contributed by atoms with E-state index in [4.69, 9.17) is 15.3 Å². The van der Waals surface area contributed by atoms with Crippen molar-refractivity contribution in [2.24, 2.45) is 0 Å². The molecule has 0 saturated carbocycles. The Labute approximate surface area is 139 Å². The van der Waals surface area contributed by atoms with E-state index < -0.39 is 0 Å². The summed E-state index contributed by atoms with van der Waals surface area (Å²) in [5.41, 5.74) is 4.79. The highest BCUT2D eigenvalue weighted by molar-refractivity contribution is 5.67. The van der Waals surface area contributed by atoms with Crippen LogP contribution in [0.25, 0.3) is 11.3 Å². The SMILES string of the molecule is Cc1cc(COc2ccc(C#N)cc2)cc(-c2[nH]ncc2C#N)c1. The third kappa shape index (κ3) is 3.26. The summed E-state index contributed by atoms with van der Waals surface area (Å²) in [7, 11) is 0. The maximum Gasteiger partial charge on any atom is 0.119 e. The molecular formula is C19H14N4O. The van der Waals surface area contributed by atoms with Gasteiger partial charge >= 0.3 is 0 Å². The molecule has 5 nitrogen and oxygen atoms in total. The van der Waals surface area contributed by atoms with Gasteiger partial charge in [-0.1, -0.05) is 11.6 Å². The van der Waals surface area contributed by atoms with Crippen molar-refractivity contribution in [2.45, 2.75) is 13.5 Å². The molecule has 24 heavy (non-hydrogen) atoms. The molecule has 0 bridgehead atoms. The van der Waals surface area contributed by atoms with Crippen molar-refractivity contribution in [2.75, 3.05) is 0 Å². The molecule has 3 rings (SSSR count). The first-order valence-electron chi connectivity index (χ1n) is 7.37. The van der Waals surface area contributed by atoms with Gasteiger partial charge in [0.2, 0.25) is 0 Å². The fraction of sp³-hybridized carbons (Fsp3) is 0.105. The van der Waals surface area contributed by atoms with E-state index >= 15 is 0 Å². The fourth-order valence-electron chi connectivity index (χ4n) is 2.47. The second kappa shape index (κ2) is 6.68. The van der Waals surface area contributed by atoms with Gasteiger partial charge in [-0.15, -0.1) is 0 Å². The summed E-state index contributed by atoms with van der Waals surface area (Å²) >= 11 is 0. The zero-order valence-corrected chi connectivity index (χ0v) is 13.1. The van der Waals surface area contributed by atoms with Crippen LogP contribution in [-0.4, -0.2) is 10.2 Å². The first-order chi connectivity index (χ1) is 11.7. The molecule has 0 unspecified atom stereocenters. The molecule has 1 heterocycles. The summed E-state index contributed by atoms with van der Waals surface area (Å²) in [6, 6.07) is 17.2. The molecule has 0 spiro atoms. The first kappa shape index (κ1) is 15.3. The monoisotopic (exact) mass is 314 g/mol. The number of H-pyrrole nitrogens is 1. The third-order valence-electron chi connectivity index (χ3n) is 3.57. The van der Waals surface area contributed by atoms with E-state index in [-0.39, 0.29) is 0 Å². The minimum absolute atomic E-state index is 0.399. The predicted octanol–water partition coefficient (Wildman–Crippen LogP) is 3.71. The minimum Gasteiger partial charge on any atom is -0.489 e. The van der Waals surface area contributed by atoms with Crippen LogP contribution in [0.5, 0.6) is 5.75 Å². The molecule has 0 saturated heterocycles. The van der Waals surface area contributed by atoms with Gasteiger partial charge in [-0.2, -0.15) is 15.6 Å². The Morgan fingerprint density at radius 2 is 1.88 bits per heavy atom. The van der Waals surface area contributed by atoms with Crippen molar-refractivity contribution in [3.05, 3.63) is 70.9 Å². The highest BCUT2D eigenvalue weighted by Gasteiger charge is 2.09. The summed E-state index contributed by atoms with van der Waals surface area (Å²) < 4.78 is 5.78. The maximum absolute atomic E-state index is 9.14. The molecule has 5 heteroatoms. The lowest BCUT2D eigenvalue weighted by Crippen LogP contribution is -1.97. The fourth-order valence-corrected chi connectivity index (χ4v) is 2.47. The largest absolute Gasteiger partial charge is 0.489 e. The third-order valence-corrected chi connectivity index (χ3v) is 3.57. The van der Waals surface area contributed by atoms with Gasteiger partial charge in [0.15, 0.2) is 0 Å². The normalized spacial score (nSPS) is 9.96. The molecule has 2 aromatic carbocycles. The molecule has 0 atom stereocenters. The second-order valence-electron chi connectivity index (χ2n) is 5.40. The van der Waals surface area contributed by atoms with Gasteiger partial charge in [-0.05, 0) is 48.9 Å². The van der Waals surface area contributed by atoms with E-state index in [0.717, 1.165) is 16.7 Å². The van der Waals surface area contributed by atoms with Gasteiger partial charge in [-0.3, -0.25) is 5.10 Å². The van der Waals surface area contributed by atoms with Crippen LogP contribution in [0.3, 0.4) is 0 Å². The van der Waals surface area contributed by atoms with Crippen LogP contribution in [0.15, 0.2) is 48.7 Å². The maximum atomic E-state index is 9.14. The number of hydrogen-bond acceptors (Lipinski definition) is 4. The van der Waals surface area contributed by atoms with Crippen LogP contribution < -0.4 is 4.74 Å². The molecule has 0 fully saturated rings. The Morgan fingerprint density at radius 1 is 1.08 bits per heavy atom. The minimum atomic E-state index is 0.399. The molecule has 0 radical (unpaired) electrons. The van der Waals surface area contributed by atoms with Crippen LogP contribution >= 0.6 is 0 Å². The summed E-state index contributed by atoms with van der Waals surface area (Å²) in [6.45, 7) is 2.40. The molecule has 1 N–H and O–H groups in total. The van der Waals surface area contributed by atoms with E-state index in [0.29, 0.717) is 29.2 Å².